The van der Waals surface area contributed by atoms with Crippen LogP contribution in [-0.2, 0) is 10.0 Å². The first-order chi connectivity index (χ1) is 13.7. The van der Waals surface area contributed by atoms with Gasteiger partial charge in [0.1, 0.15) is 5.75 Å². The SMILES string of the molecule is COc1cc(OC)c(C2SCCN2S(=O)(=O)c2cc(C)c(C)cc2C)cc1OC. The first kappa shape index (κ1) is 21.8. The predicted molar refractivity (Wildman–Crippen MR) is 116 cm³/mol. The summed E-state index contributed by atoms with van der Waals surface area (Å²) in [5, 5.41) is -0.407. The third kappa shape index (κ3) is 3.93. The third-order valence-corrected chi connectivity index (χ3v) is 8.61. The van der Waals surface area contributed by atoms with Gasteiger partial charge in [-0.15, -0.1) is 11.8 Å². The summed E-state index contributed by atoms with van der Waals surface area (Å²) in [5.74, 6) is 2.34. The highest BCUT2D eigenvalue weighted by Crippen LogP contribution is 2.48. The Labute approximate surface area is 177 Å². The topological polar surface area (TPSA) is 65.1 Å². The van der Waals surface area contributed by atoms with Crippen molar-refractivity contribution in [2.24, 2.45) is 0 Å². The number of hydrogen-bond acceptors (Lipinski definition) is 6. The number of rotatable bonds is 6. The molecule has 6 nitrogen and oxygen atoms in total. The van der Waals surface area contributed by atoms with Gasteiger partial charge in [-0.25, -0.2) is 8.42 Å². The van der Waals surface area contributed by atoms with Gasteiger partial charge < -0.3 is 14.2 Å². The molecule has 1 heterocycles. The standard InChI is InChI=1S/C21H27NO5S2/c1-13-9-15(3)20(10-14(13)2)29(23,24)22-7-8-28-21(22)16-11-18(26-5)19(27-6)12-17(16)25-4/h9-12,21H,7-8H2,1-6H3. The smallest absolute Gasteiger partial charge is 0.244 e. The Balaban J connectivity index is 2.10. The maximum Gasteiger partial charge on any atom is 0.244 e. The highest BCUT2D eigenvalue weighted by Gasteiger charge is 2.39. The summed E-state index contributed by atoms with van der Waals surface area (Å²) < 4.78 is 45.1. The molecule has 2 aromatic carbocycles. The summed E-state index contributed by atoms with van der Waals surface area (Å²) in [4.78, 5) is 0.354. The van der Waals surface area contributed by atoms with Crippen molar-refractivity contribution in [3.05, 3.63) is 46.5 Å². The van der Waals surface area contributed by atoms with E-state index in [1.165, 1.54) is 0 Å². The lowest BCUT2D eigenvalue weighted by molar-refractivity contribution is 0.344. The van der Waals surface area contributed by atoms with Crippen molar-refractivity contribution in [3.63, 3.8) is 0 Å². The Morgan fingerprint density at radius 2 is 1.45 bits per heavy atom. The number of benzene rings is 2. The molecule has 0 bridgehead atoms. The van der Waals surface area contributed by atoms with E-state index in [2.05, 4.69) is 0 Å². The van der Waals surface area contributed by atoms with Crippen LogP contribution in [0.3, 0.4) is 0 Å². The lowest BCUT2D eigenvalue weighted by atomic mass is 10.1. The Kier molecular flexibility index (Phi) is 6.36. The van der Waals surface area contributed by atoms with Crippen molar-refractivity contribution < 1.29 is 22.6 Å². The molecule has 158 valence electrons. The van der Waals surface area contributed by atoms with E-state index in [1.807, 2.05) is 26.8 Å². The average molecular weight is 438 g/mol. The van der Waals surface area contributed by atoms with Gasteiger partial charge in [-0.05, 0) is 49.6 Å². The zero-order valence-electron chi connectivity index (χ0n) is 17.6. The summed E-state index contributed by atoms with van der Waals surface area (Å²) in [6.45, 7) is 6.19. The Morgan fingerprint density at radius 3 is 2.07 bits per heavy atom. The third-order valence-electron chi connectivity index (χ3n) is 5.23. The van der Waals surface area contributed by atoms with Crippen LogP contribution in [0.5, 0.6) is 17.2 Å². The Morgan fingerprint density at radius 1 is 0.862 bits per heavy atom. The molecule has 8 heteroatoms. The van der Waals surface area contributed by atoms with Crippen LogP contribution in [0.2, 0.25) is 0 Å². The van der Waals surface area contributed by atoms with Gasteiger partial charge in [0.15, 0.2) is 11.5 Å². The molecule has 29 heavy (non-hydrogen) atoms. The molecule has 1 fully saturated rings. The molecule has 2 aromatic rings. The lowest BCUT2D eigenvalue weighted by Gasteiger charge is -2.26. The Hall–Kier alpha value is -1.90. The second kappa shape index (κ2) is 8.45. The van der Waals surface area contributed by atoms with Crippen LogP contribution in [0.4, 0.5) is 0 Å². The van der Waals surface area contributed by atoms with Crippen molar-refractivity contribution in [3.8, 4) is 17.2 Å². The van der Waals surface area contributed by atoms with E-state index >= 15 is 0 Å². The van der Waals surface area contributed by atoms with Crippen molar-refractivity contribution >= 4 is 21.8 Å². The van der Waals surface area contributed by atoms with Crippen LogP contribution in [0.15, 0.2) is 29.2 Å². The fourth-order valence-electron chi connectivity index (χ4n) is 3.53. The normalized spacial score (nSPS) is 17.4. The van der Waals surface area contributed by atoms with Gasteiger partial charge in [0.2, 0.25) is 10.0 Å². The van der Waals surface area contributed by atoms with E-state index in [0.29, 0.717) is 34.4 Å². The maximum atomic E-state index is 13.6. The molecular formula is C21H27NO5S2. The number of ether oxygens (including phenoxy) is 3. The second-order valence-corrected chi connectivity index (χ2v) is 10.0. The van der Waals surface area contributed by atoms with Crippen LogP contribution in [0.25, 0.3) is 0 Å². The van der Waals surface area contributed by atoms with E-state index in [4.69, 9.17) is 14.2 Å². The fraction of sp³-hybridized carbons (Fsp3) is 0.429. The quantitative estimate of drug-likeness (QED) is 0.679. The molecule has 0 aromatic heterocycles. The zero-order valence-corrected chi connectivity index (χ0v) is 19.2. The van der Waals surface area contributed by atoms with Crippen LogP contribution < -0.4 is 14.2 Å². The largest absolute Gasteiger partial charge is 0.496 e. The summed E-state index contributed by atoms with van der Waals surface area (Å²) in [6.07, 6.45) is 0. The number of nitrogens with zero attached hydrogens (tertiary/aromatic N) is 1. The molecule has 1 unspecified atom stereocenters. The molecule has 1 saturated heterocycles. The summed E-state index contributed by atoms with van der Waals surface area (Å²) in [7, 11) is 0.999. The highest BCUT2D eigenvalue weighted by molar-refractivity contribution is 8.01. The molecule has 0 saturated carbocycles. The van der Waals surface area contributed by atoms with Gasteiger partial charge in [-0.3, -0.25) is 0 Å². The minimum Gasteiger partial charge on any atom is -0.496 e. The van der Waals surface area contributed by atoms with E-state index in [-0.39, 0.29) is 0 Å². The maximum absolute atomic E-state index is 13.6. The van der Waals surface area contributed by atoms with Crippen LogP contribution >= 0.6 is 11.8 Å². The molecule has 0 spiro atoms. The Bertz CT molecular complexity index is 1020. The number of sulfonamides is 1. The number of methoxy groups -OCH3 is 3. The number of aryl methyl sites for hydroxylation is 3. The first-order valence-corrected chi connectivity index (χ1v) is 11.7. The van der Waals surface area contributed by atoms with Crippen LogP contribution in [0.1, 0.15) is 27.6 Å². The van der Waals surface area contributed by atoms with Crippen molar-refractivity contribution in [2.45, 2.75) is 31.0 Å². The van der Waals surface area contributed by atoms with E-state index in [1.54, 1.807) is 55.6 Å². The number of thioether (sulfide) groups is 1. The monoisotopic (exact) mass is 437 g/mol. The van der Waals surface area contributed by atoms with Crippen molar-refractivity contribution in [1.82, 2.24) is 4.31 Å². The van der Waals surface area contributed by atoms with Gasteiger partial charge in [0, 0.05) is 23.9 Å². The molecule has 0 radical (unpaired) electrons. The van der Waals surface area contributed by atoms with Gasteiger partial charge in [-0.1, -0.05) is 6.07 Å². The lowest BCUT2D eigenvalue weighted by Crippen LogP contribution is -2.31. The summed E-state index contributed by atoms with van der Waals surface area (Å²) in [5.41, 5.74) is 3.54. The second-order valence-electron chi connectivity index (χ2n) is 6.99. The summed E-state index contributed by atoms with van der Waals surface area (Å²) >= 11 is 1.57. The molecule has 1 aliphatic rings. The van der Waals surface area contributed by atoms with E-state index < -0.39 is 15.4 Å². The first-order valence-electron chi connectivity index (χ1n) is 9.25. The van der Waals surface area contributed by atoms with Crippen molar-refractivity contribution in [2.75, 3.05) is 33.6 Å². The van der Waals surface area contributed by atoms with Crippen LogP contribution in [-0.4, -0.2) is 46.4 Å². The highest BCUT2D eigenvalue weighted by atomic mass is 32.2. The molecule has 1 aliphatic heterocycles. The average Bonchev–Trinajstić information content (AvgIpc) is 3.20. The molecule has 0 aliphatic carbocycles. The van der Waals surface area contributed by atoms with E-state index in [0.717, 1.165) is 22.3 Å². The van der Waals surface area contributed by atoms with E-state index in [9.17, 15) is 8.42 Å². The molecular weight excluding hydrogens is 410 g/mol. The van der Waals surface area contributed by atoms with Crippen molar-refractivity contribution in [1.29, 1.82) is 0 Å². The minimum atomic E-state index is -3.68. The van der Waals surface area contributed by atoms with Crippen LogP contribution in [0, 0.1) is 20.8 Å². The molecule has 1 atom stereocenters. The van der Waals surface area contributed by atoms with Gasteiger partial charge in [-0.2, -0.15) is 4.31 Å². The minimum absolute atomic E-state index is 0.354. The van der Waals surface area contributed by atoms with Gasteiger partial charge in [0.25, 0.3) is 0 Å². The van der Waals surface area contributed by atoms with Gasteiger partial charge in [0.05, 0.1) is 31.6 Å². The number of hydrogen-bond donors (Lipinski definition) is 0. The molecule has 0 N–H and O–H groups in total. The predicted octanol–water partition coefficient (Wildman–Crippen LogP) is 4.07. The molecule has 0 amide bonds. The zero-order chi connectivity index (χ0) is 21.3. The summed E-state index contributed by atoms with van der Waals surface area (Å²) in [6, 6.07) is 7.23. The fourth-order valence-corrected chi connectivity index (χ4v) is 7.07. The molecule has 3 rings (SSSR count). The van der Waals surface area contributed by atoms with Gasteiger partial charge >= 0.3 is 0 Å².